The van der Waals surface area contributed by atoms with E-state index in [1.807, 2.05) is 0 Å². The quantitative estimate of drug-likeness (QED) is 0.429. The summed E-state index contributed by atoms with van der Waals surface area (Å²) in [4.78, 5) is 24.0. The first-order valence-electron chi connectivity index (χ1n) is 8.39. The van der Waals surface area contributed by atoms with E-state index >= 15 is 0 Å². The van der Waals surface area contributed by atoms with Gasteiger partial charge in [-0.05, 0) is 50.7 Å². The van der Waals surface area contributed by atoms with Crippen LogP contribution >= 0.6 is 12.2 Å². The first kappa shape index (κ1) is 20.5. The number of nitrogens with one attached hydrogen (secondary N) is 2. The fraction of sp³-hybridized carbons (Fsp3) is 0.389. The van der Waals surface area contributed by atoms with E-state index in [9.17, 15) is 9.59 Å². The highest BCUT2D eigenvalue weighted by atomic mass is 32.1. The number of benzene rings is 1. The van der Waals surface area contributed by atoms with Gasteiger partial charge in [-0.15, -0.1) is 0 Å². The third-order valence-corrected chi connectivity index (χ3v) is 3.96. The summed E-state index contributed by atoms with van der Waals surface area (Å²) in [6, 6.07) is 4.39. The molecule has 0 bridgehead atoms. The largest absolute Gasteiger partial charge is 0.513 e. The monoisotopic (exact) mass is 394 g/mol. The van der Waals surface area contributed by atoms with E-state index in [1.165, 1.54) is 7.11 Å². The first-order chi connectivity index (χ1) is 12.9. The van der Waals surface area contributed by atoms with Gasteiger partial charge in [0.2, 0.25) is 0 Å². The summed E-state index contributed by atoms with van der Waals surface area (Å²) in [6.45, 7) is 5.62. The maximum Gasteiger partial charge on any atom is 0.513 e. The summed E-state index contributed by atoms with van der Waals surface area (Å²) in [5, 5.41) is 6.37. The number of hydrogen-bond donors (Lipinski definition) is 2. The lowest BCUT2D eigenvalue weighted by atomic mass is 9.95. The Morgan fingerprint density at radius 2 is 1.85 bits per heavy atom. The molecule has 1 heterocycles. The third kappa shape index (κ3) is 4.88. The smallest absolute Gasteiger partial charge is 0.493 e. The van der Waals surface area contributed by atoms with E-state index in [1.54, 1.807) is 39.0 Å². The Morgan fingerprint density at radius 3 is 2.48 bits per heavy atom. The van der Waals surface area contributed by atoms with Crippen molar-refractivity contribution in [1.29, 1.82) is 0 Å². The molecule has 146 valence electrons. The van der Waals surface area contributed by atoms with Crippen LogP contribution in [0.1, 0.15) is 32.4 Å². The van der Waals surface area contributed by atoms with Crippen molar-refractivity contribution in [2.24, 2.45) is 0 Å². The van der Waals surface area contributed by atoms with E-state index in [0.29, 0.717) is 27.7 Å². The maximum atomic E-state index is 12.4. The molecule has 0 unspecified atom stereocenters. The summed E-state index contributed by atoms with van der Waals surface area (Å²) in [5.41, 5.74) is 1.70. The molecule has 0 radical (unpaired) electrons. The van der Waals surface area contributed by atoms with Gasteiger partial charge in [-0.25, -0.2) is 9.59 Å². The highest BCUT2D eigenvalue weighted by Crippen LogP contribution is 2.34. The Morgan fingerprint density at radius 1 is 1.15 bits per heavy atom. The van der Waals surface area contributed by atoms with Crippen molar-refractivity contribution in [2.75, 3.05) is 20.3 Å². The minimum absolute atomic E-state index is 0.197. The molecule has 1 aromatic rings. The Balaban J connectivity index is 2.39. The van der Waals surface area contributed by atoms with Crippen LogP contribution in [-0.4, -0.2) is 37.6 Å². The summed E-state index contributed by atoms with van der Waals surface area (Å²) in [6.07, 6.45) is -0.826. The minimum Gasteiger partial charge on any atom is -0.493 e. The van der Waals surface area contributed by atoms with Gasteiger partial charge in [-0.2, -0.15) is 0 Å². The number of ether oxygens (including phenoxy) is 4. The van der Waals surface area contributed by atoms with Gasteiger partial charge in [0, 0.05) is 5.70 Å². The minimum atomic E-state index is -0.826. The van der Waals surface area contributed by atoms with Gasteiger partial charge in [0.05, 0.1) is 31.9 Å². The van der Waals surface area contributed by atoms with Crippen molar-refractivity contribution in [3.63, 3.8) is 0 Å². The molecule has 0 fully saturated rings. The van der Waals surface area contributed by atoms with Crippen molar-refractivity contribution in [2.45, 2.75) is 26.8 Å². The van der Waals surface area contributed by atoms with E-state index in [-0.39, 0.29) is 19.0 Å². The normalized spacial score (nSPS) is 16.1. The molecule has 1 aliphatic rings. The Bertz CT molecular complexity index is 777. The molecule has 8 nitrogen and oxygen atoms in total. The molecule has 1 aliphatic heterocycles. The average molecular weight is 394 g/mol. The fourth-order valence-corrected chi connectivity index (χ4v) is 2.88. The molecular weight excluding hydrogens is 372 g/mol. The lowest BCUT2D eigenvalue weighted by Gasteiger charge is -2.30. The number of carbonyl (C=O) groups excluding carboxylic acids is 2. The number of rotatable bonds is 6. The van der Waals surface area contributed by atoms with Gasteiger partial charge in [0.1, 0.15) is 0 Å². The highest BCUT2D eigenvalue weighted by molar-refractivity contribution is 7.80. The number of hydrogen-bond acceptors (Lipinski definition) is 7. The van der Waals surface area contributed by atoms with Gasteiger partial charge in [0.15, 0.2) is 16.6 Å². The van der Waals surface area contributed by atoms with Gasteiger partial charge in [-0.3, -0.25) is 0 Å². The van der Waals surface area contributed by atoms with Gasteiger partial charge < -0.3 is 29.6 Å². The third-order valence-electron chi connectivity index (χ3n) is 3.74. The predicted octanol–water partition coefficient (Wildman–Crippen LogP) is 2.59. The molecule has 0 spiro atoms. The van der Waals surface area contributed by atoms with Crippen LogP contribution in [0.15, 0.2) is 29.5 Å². The SMILES string of the molecule is CCOC(=O)Oc1ccc([C@H]2NC(=S)NC(C)=C2C(=O)OCC)cc1OC. The van der Waals surface area contributed by atoms with E-state index < -0.39 is 18.2 Å². The van der Waals surface area contributed by atoms with Crippen molar-refractivity contribution in [1.82, 2.24) is 10.6 Å². The molecule has 0 aromatic heterocycles. The summed E-state index contributed by atoms with van der Waals surface area (Å²) in [7, 11) is 1.45. The van der Waals surface area contributed by atoms with E-state index in [0.717, 1.165) is 0 Å². The maximum absolute atomic E-state index is 12.4. The van der Waals surface area contributed by atoms with Crippen molar-refractivity contribution in [3.8, 4) is 11.5 Å². The lowest BCUT2D eigenvalue weighted by Crippen LogP contribution is -2.45. The second-order valence-electron chi connectivity index (χ2n) is 5.49. The van der Waals surface area contributed by atoms with Crippen LogP contribution in [0.4, 0.5) is 4.79 Å². The van der Waals surface area contributed by atoms with Gasteiger partial charge in [-0.1, -0.05) is 6.07 Å². The molecule has 0 saturated carbocycles. The summed E-state index contributed by atoms with van der Waals surface area (Å²) in [5.74, 6) is 0.0654. The molecule has 0 aliphatic carbocycles. The molecule has 1 atom stereocenters. The molecule has 0 saturated heterocycles. The summed E-state index contributed by atoms with van der Waals surface area (Å²) >= 11 is 5.21. The zero-order valence-electron chi connectivity index (χ0n) is 15.6. The standard InChI is InChI=1S/C18H22N2O6S/c1-5-24-16(21)14-10(3)19-17(27)20-15(14)11-7-8-12(13(9-11)23-4)26-18(22)25-6-2/h7-9,15H,5-6H2,1-4H3,(H2,19,20,27)/t15-/m1/s1. The van der Waals surface area contributed by atoms with Crippen molar-refractivity contribution in [3.05, 3.63) is 35.0 Å². The van der Waals surface area contributed by atoms with Crippen molar-refractivity contribution < 1.29 is 28.5 Å². The second kappa shape index (κ2) is 9.22. The van der Waals surface area contributed by atoms with Gasteiger partial charge in [0.25, 0.3) is 0 Å². The van der Waals surface area contributed by atoms with Crippen LogP contribution in [-0.2, 0) is 14.3 Å². The number of carbonyl (C=O) groups is 2. The number of allylic oxidation sites excluding steroid dienone is 1. The lowest BCUT2D eigenvalue weighted by molar-refractivity contribution is -0.139. The zero-order valence-corrected chi connectivity index (χ0v) is 16.4. The number of thiocarbonyl (C=S) groups is 1. The van der Waals surface area contributed by atoms with Crippen LogP contribution in [0.5, 0.6) is 11.5 Å². The first-order valence-corrected chi connectivity index (χ1v) is 8.80. The van der Waals surface area contributed by atoms with Crippen molar-refractivity contribution >= 4 is 29.5 Å². The molecule has 9 heteroatoms. The molecule has 27 heavy (non-hydrogen) atoms. The topological polar surface area (TPSA) is 95.1 Å². The van der Waals surface area contributed by atoms with Crippen LogP contribution in [0.25, 0.3) is 0 Å². The Kier molecular flexibility index (Phi) is 7.00. The van der Waals surface area contributed by atoms with Crippen LogP contribution in [0.3, 0.4) is 0 Å². The number of methoxy groups -OCH3 is 1. The molecule has 0 amide bonds. The van der Waals surface area contributed by atoms with Gasteiger partial charge >= 0.3 is 12.1 Å². The molecule has 2 rings (SSSR count). The fourth-order valence-electron chi connectivity index (χ4n) is 2.61. The van der Waals surface area contributed by atoms with Crippen LogP contribution in [0.2, 0.25) is 0 Å². The average Bonchev–Trinajstić information content (AvgIpc) is 2.61. The summed E-state index contributed by atoms with van der Waals surface area (Å²) < 4.78 is 20.4. The van der Waals surface area contributed by atoms with Crippen LogP contribution < -0.4 is 20.1 Å². The molecule has 2 N–H and O–H groups in total. The number of esters is 1. The van der Waals surface area contributed by atoms with Crippen LogP contribution in [0, 0.1) is 0 Å². The molecule has 1 aromatic carbocycles. The highest BCUT2D eigenvalue weighted by Gasteiger charge is 2.31. The van der Waals surface area contributed by atoms with E-state index in [2.05, 4.69) is 10.6 Å². The zero-order chi connectivity index (χ0) is 20.0. The predicted molar refractivity (Wildman–Crippen MR) is 102 cm³/mol. The Hall–Kier alpha value is -2.81. The Labute approximate surface area is 162 Å². The van der Waals surface area contributed by atoms with E-state index in [4.69, 9.17) is 31.2 Å². The second-order valence-corrected chi connectivity index (χ2v) is 5.89. The molecular formula is C18H22N2O6S.